The highest BCUT2D eigenvalue weighted by molar-refractivity contribution is 7.89. The summed E-state index contributed by atoms with van der Waals surface area (Å²) in [7, 11) is -4.14. The lowest BCUT2D eigenvalue weighted by Crippen LogP contribution is -2.36. The molecule has 1 aromatic carbocycles. The summed E-state index contributed by atoms with van der Waals surface area (Å²) < 4.78 is 76.4. The molecule has 5 nitrogen and oxygen atoms in total. The quantitative estimate of drug-likeness (QED) is 0.830. The van der Waals surface area contributed by atoms with E-state index < -0.39 is 39.4 Å². The zero-order valence-corrected chi connectivity index (χ0v) is 13.4. The Balaban J connectivity index is 2.26. The van der Waals surface area contributed by atoms with Crippen LogP contribution in [-0.2, 0) is 10.0 Å². The minimum Gasteiger partial charge on any atom is -0.343 e. The highest BCUT2D eigenvalue weighted by atomic mass is 32.2. The van der Waals surface area contributed by atoms with Gasteiger partial charge in [-0.05, 0) is 31.0 Å². The Morgan fingerprint density at radius 2 is 1.79 bits per heavy atom. The molecule has 0 atom stereocenters. The highest BCUT2D eigenvalue weighted by Gasteiger charge is 2.31. The summed E-state index contributed by atoms with van der Waals surface area (Å²) in [6.07, 6.45) is -2.44. The predicted molar refractivity (Wildman–Crippen MR) is 77.4 cm³/mol. The normalized spacial score (nSPS) is 16.8. The minimum absolute atomic E-state index is 0.242. The van der Waals surface area contributed by atoms with Crippen LogP contribution in [0.5, 0.6) is 0 Å². The molecule has 1 aliphatic rings. The van der Waals surface area contributed by atoms with Crippen LogP contribution >= 0.6 is 0 Å². The lowest BCUT2D eigenvalue weighted by molar-refractivity contribution is -0.123. The molecule has 2 rings (SSSR count). The van der Waals surface area contributed by atoms with Crippen LogP contribution in [0.1, 0.15) is 29.6 Å². The molecule has 1 amide bonds. The molecule has 1 saturated heterocycles. The molecule has 134 valence electrons. The third kappa shape index (κ3) is 4.44. The van der Waals surface area contributed by atoms with Crippen molar-refractivity contribution in [3.8, 4) is 0 Å². The fourth-order valence-electron chi connectivity index (χ4n) is 2.37. The number of carbonyl (C=O) groups is 1. The number of piperidine rings is 1. The smallest absolute Gasteiger partial charge is 0.343 e. The van der Waals surface area contributed by atoms with Crippen LogP contribution in [0.25, 0.3) is 0 Å². The maximum atomic E-state index is 13.9. The molecular formula is C14H16F4N2O3S. The van der Waals surface area contributed by atoms with Crippen molar-refractivity contribution in [2.24, 2.45) is 0 Å². The Bertz CT molecular complexity index is 713. The van der Waals surface area contributed by atoms with Crippen molar-refractivity contribution in [2.75, 3.05) is 19.6 Å². The van der Waals surface area contributed by atoms with Gasteiger partial charge < -0.3 is 5.32 Å². The van der Waals surface area contributed by atoms with Crippen LogP contribution in [0.2, 0.25) is 0 Å². The van der Waals surface area contributed by atoms with Gasteiger partial charge in [0, 0.05) is 18.7 Å². The van der Waals surface area contributed by atoms with Crippen LogP contribution in [0, 0.1) is 5.82 Å². The Labute approximate surface area is 136 Å². The Kier molecular flexibility index (Phi) is 5.49. The van der Waals surface area contributed by atoms with Crippen molar-refractivity contribution in [2.45, 2.75) is 30.3 Å². The number of sulfonamides is 1. The highest BCUT2D eigenvalue weighted by Crippen LogP contribution is 2.24. The fourth-order valence-corrected chi connectivity index (χ4v) is 3.98. The number of nitrogens with zero attached hydrogens (tertiary/aromatic N) is 1. The Morgan fingerprint density at radius 3 is 2.38 bits per heavy atom. The van der Waals surface area contributed by atoms with Crippen LogP contribution in [0.3, 0.4) is 0 Å². The molecule has 0 saturated carbocycles. The largest absolute Gasteiger partial charge is 0.405 e. The summed E-state index contributed by atoms with van der Waals surface area (Å²) in [5, 5.41) is 1.62. The van der Waals surface area contributed by atoms with E-state index in [1.807, 2.05) is 0 Å². The molecular weight excluding hydrogens is 352 g/mol. The third-order valence-electron chi connectivity index (χ3n) is 3.58. The molecule has 1 N–H and O–H groups in total. The van der Waals surface area contributed by atoms with Gasteiger partial charge in [0.15, 0.2) is 0 Å². The minimum atomic E-state index is -4.60. The average molecular weight is 368 g/mol. The van der Waals surface area contributed by atoms with Gasteiger partial charge >= 0.3 is 6.18 Å². The number of benzene rings is 1. The number of rotatable bonds is 4. The first-order valence-electron chi connectivity index (χ1n) is 7.26. The monoisotopic (exact) mass is 368 g/mol. The zero-order chi connectivity index (χ0) is 18.0. The van der Waals surface area contributed by atoms with Gasteiger partial charge in [0.25, 0.3) is 5.91 Å². The van der Waals surface area contributed by atoms with Crippen molar-refractivity contribution in [3.63, 3.8) is 0 Å². The van der Waals surface area contributed by atoms with Crippen LogP contribution in [0.15, 0.2) is 23.1 Å². The van der Waals surface area contributed by atoms with E-state index in [2.05, 4.69) is 0 Å². The topological polar surface area (TPSA) is 66.5 Å². The first-order chi connectivity index (χ1) is 11.1. The van der Waals surface area contributed by atoms with Gasteiger partial charge in [-0.1, -0.05) is 6.42 Å². The summed E-state index contributed by atoms with van der Waals surface area (Å²) >= 11 is 0. The van der Waals surface area contributed by atoms with Gasteiger partial charge in [-0.15, -0.1) is 0 Å². The second-order valence-electron chi connectivity index (χ2n) is 5.41. The van der Waals surface area contributed by atoms with Crippen LogP contribution in [0.4, 0.5) is 17.6 Å². The van der Waals surface area contributed by atoms with Gasteiger partial charge in [0.05, 0.1) is 0 Å². The molecule has 1 fully saturated rings. The third-order valence-corrected chi connectivity index (χ3v) is 5.49. The van der Waals surface area contributed by atoms with Gasteiger partial charge in [0.2, 0.25) is 10.0 Å². The molecule has 0 bridgehead atoms. The Hall–Kier alpha value is -1.68. The SMILES string of the molecule is O=C(NCC(F)(F)F)c1ccc(F)c(S(=O)(=O)N2CCCCC2)c1. The predicted octanol–water partition coefficient (Wildman–Crippen LogP) is 2.29. The summed E-state index contributed by atoms with van der Waals surface area (Å²) in [5.41, 5.74) is -0.351. The van der Waals surface area contributed by atoms with Gasteiger partial charge in [-0.25, -0.2) is 12.8 Å². The van der Waals surface area contributed by atoms with Crippen molar-refractivity contribution in [1.29, 1.82) is 0 Å². The lowest BCUT2D eigenvalue weighted by atomic mass is 10.2. The van der Waals surface area contributed by atoms with E-state index in [1.165, 1.54) is 0 Å². The maximum Gasteiger partial charge on any atom is 0.405 e. The number of halogens is 4. The summed E-state index contributed by atoms with van der Waals surface area (Å²) in [5.74, 6) is -2.17. The van der Waals surface area contributed by atoms with Crippen LogP contribution in [-0.4, -0.2) is 44.4 Å². The summed E-state index contributed by atoms with van der Waals surface area (Å²) in [4.78, 5) is 11.0. The standard InChI is InChI=1S/C14H16F4N2O3S/c15-11-5-4-10(13(21)19-9-14(16,17)18)8-12(11)24(22,23)20-6-2-1-3-7-20/h4-5,8H,1-3,6-7,9H2,(H,19,21). The molecule has 10 heteroatoms. The number of nitrogens with one attached hydrogen (secondary N) is 1. The number of hydrogen-bond donors (Lipinski definition) is 1. The lowest BCUT2D eigenvalue weighted by Gasteiger charge is -2.26. The van der Waals surface area contributed by atoms with E-state index in [-0.39, 0.29) is 18.7 Å². The average Bonchev–Trinajstić information content (AvgIpc) is 2.53. The molecule has 1 aromatic rings. The van der Waals surface area contributed by atoms with E-state index in [9.17, 15) is 30.8 Å². The second-order valence-corrected chi connectivity index (χ2v) is 7.31. The van der Waals surface area contributed by atoms with Gasteiger partial charge in [0.1, 0.15) is 17.3 Å². The number of hydrogen-bond acceptors (Lipinski definition) is 3. The molecule has 0 unspecified atom stereocenters. The molecule has 0 radical (unpaired) electrons. The van der Waals surface area contributed by atoms with Crippen molar-refractivity contribution < 1.29 is 30.8 Å². The van der Waals surface area contributed by atoms with Gasteiger partial charge in [-0.2, -0.15) is 17.5 Å². The van der Waals surface area contributed by atoms with E-state index in [0.29, 0.717) is 12.8 Å². The fraction of sp³-hybridized carbons (Fsp3) is 0.500. The van der Waals surface area contributed by atoms with E-state index in [0.717, 1.165) is 28.9 Å². The number of amides is 1. The van der Waals surface area contributed by atoms with Gasteiger partial charge in [-0.3, -0.25) is 4.79 Å². The first kappa shape index (κ1) is 18.7. The van der Waals surface area contributed by atoms with Crippen LogP contribution < -0.4 is 5.32 Å². The molecule has 0 aromatic heterocycles. The molecule has 1 aliphatic heterocycles. The molecule has 0 aliphatic carbocycles. The second kappa shape index (κ2) is 7.06. The molecule has 24 heavy (non-hydrogen) atoms. The Morgan fingerprint density at radius 1 is 1.17 bits per heavy atom. The van der Waals surface area contributed by atoms with Crippen molar-refractivity contribution in [1.82, 2.24) is 9.62 Å². The van der Waals surface area contributed by atoms with Crippen molar-refractivity contribution in [3.05, 3.63) is 29.6 Å². The summed E-state index contributed by atoms with van der Waals surface area (Å²) in [6.45, 7) is -1.07. The number of alkyl halides is 3. The first-order valence-corrected chi connectivity index (χ1v) is 8.70. The van der Waals surface area contributed by atoms with E-state index in [1.54, 1.807) is 5.32 Å². The number of carbonyl (C=O) groups excluding carboxylic acids is 1. The molecule has 1 heterocycles. The van der Waals surface area contributed by atoms with E-state index in [4.69, 9.17) is 0 Å². The molecule has 0 spiro atoms. The zero-order valence-electron chi connectivity index (χ0n) is 12.6. The van der Waals surface area contributed by atoms with Crippen molar-refractivity contribution >= 4 is 15.9 Å². The maximum absolute atomic E-state index is 13.9. The van der Waals surface area contributed by atoms with E-state index >= 15 is 0 Å². The summed E-state index contributed by atoms with van der Waals surface area (Å²) in [6, 6.07) is 2.47.